The summed E-state index contributed by atoms with van der Waals surface area (Å²) in [6, 6.07) is 7.41. The first kappa shape index (κ1) is 14.9. The van der Waals surface area contributed by atoms with Gasteiger partial charge < -0.3 is 10.6 Å². The molecule has 106 valence electrons. The van der Waals surface area contributed by atoms with E-state index in [-0.39, 0.29) is 6.04 Å². The minimum Gasteiger partial charge on any atom is -0.369 e. The molecule has 1 aromatic carbocycles. The van der Waals surface area contributed by atoms with Crippen molar-refractivity contribution in [2.45, 2.75) is 58.0 Å². The van der Waals surface area contributed by atoms with Crippen LogP contribution in [0.5, 0.6) is 0 Å². The molecule has 1 fully saturated rings. The highest BCUT2D eigenvalue weighted by molar-refractivity contribution is 9.10. The fourth-order valence-corrected chi connectivity index (χ4v) is 3.73. The zero-order valence-electron chi connectivity index (χ0n) is 12.0. The van der Waals surface area contributed by atoms with Crippen LogP contribution in [0.4, 0.5) is 5.69 Å². The number of nitrogens with two attached hydrogens (primary N) is 1. The van der Waals surface area contributed by atoms with Gasteiger partial charge in [-0.15, -0.1) is 0 Å². The Morgan fingerprint density at radius 2 is 2.16 bits per heavy atom. The van der Waals surface area contributed by atoms with Crippen molar-refractivity contribution in [1.82, 2.24) is 0 Å². The van der Waals surface area contributed by atoms with Crippen LogP contribution in [-0.4, -0.2) is 12.6 Å². The van der Waals surface area contributed by atoms with Crippen LogP contribution in [0.25, 0.3) is 0 Å². The lowest BCUT2D eigenvalue weighted by molar-refractivity contribution is 0.556. The summed E-state index contributed by atoms with van der Waals surface area (Å²) in [6.45, 7) is 5.51. The van der Waals surface area contributed by atoms with Gasteiger partial charge in [0.05, 0.1) is 0 Å². The largest absolute Gasteiger partial charge is 0.369 e. The molecule has 19 heavy (non-hydrogen) atoms. The lowest BCUT2D eigenvalue weighted by Crippen LogP contribution is -2.34. The normalized spacial score (nSPS) is 22.1. The van der Waals surface area contributed by atoms with Gasteiger partial charge in [-0.3, -0.25) is 0 Å². The monoisotopic (exact) mass is 324 g/mol. The fraction of sp³-hybridized carbons (Fsp3) is 0.625. The van der Waals surface area contributed by atoms with Crippen molar-refractivity contribution in [1.29, 1.82) is 0 Å². The van der Waals surface area contributed by atoms with Crippen molar-refractivity contribution in [3.8, 4) is 0 Å². The minimum absolute atomic E-state index is 0.0783. The summed E-state index contributed by atoms with van der Waals surface area (Å²) in [5, 5.41) is 0. The number of halogens is 1. The van der Waals surface area contributed by atoms with Gasteiger partial charge in [0.1, 0.15) is 0 Å². The first-order chi connectivity index (χ1) is 9.13. The van der Waals surface area contributed by atoms with Crippen molar-refractivity contribution in [3.63, 3.8) is 0 Å². The quantitative estimate of drug-likeness (QED) is 0.878. The Hall–Kier alpha value is -0.540. The first-order valence-electron chi connectivity index (χ1n) is 7.45. The second-order valence-electron chi connectivity index (χ2n) is 5.60. The smallest absolute Gasteiger partial charge is 0.0380 e. The SMILES string of the molecule is CCC1CCCCCN1c1ccc([C@@H](C)N)c(Br)c1. The van der Waals surface area contributed by atoms with Crippen molar-refractivity contribution < 1.29 is 0 Å². The number of hydrogen-bond acceptors (Lipinski definition) is 2. The Balaban J connectivity index is 2.26. The second-order valence-corrected chi connectivity index (χ2v) is 6.45. The lowest BCUT2D eigenvalue weighted by atomic mass is 10.1. The van der Waals surface area contributed by atoms with E-state index in [9.17, 15) is 0 Å². The highest BCUT2D eigenvalue weighted by Crippen LogP contribution is 2.31. The van der Waals surface area contributed by atoms with Gasteiger partial charge in [0.15, 0.2) is 0 Å². The molecule has 2 atom stereocenters. The Morgan fingerprint density at radius 3 is 2.79 bits per heavy atom. The number of rotatable bonds is 3. The van der Waals surface area contributed by atoms with E-state index in [0.29, 0.717) is 6.04 Å². The molecule has 0 spiro atoms. The van der Waals surface area contributed by atoms with E-state index in [4.69, 9.17) is 5.73 Å². The Labute approximate surface area is 125 Å². The minimum atomic E-state index is 0.0783. The zero-order valence-corrected chi connectivity index (χ0v) is 13.6. The van der Waals surface area contributed by atoms with Crippen LogP contribution in [0.15, 0.2) is 22.7 Å². The van der Waals surface area contributed by atoms with Gasteiger partial charge in [-0.2, -0.15) is 0 Å². The maximum atomic E-state index is 5.98. The van der Waals surface area contributed by atoms with Gasteiger partial charge >= 0.3 is 0 Å². The Bertz CT molecular complexity index is 417. The molecule has 0 aliphatic carbocycles. The van der Waals surface area contributed by atoms with E-state index in [2.05, 4.69) is 46.0 Å². The summed E-state index contributed by atoms with van der Waals surface area (Å²) in [6.07, 6.45) is 6.60. The van der Waals surface area contributed by atoms with Gasteiger partial charge in [-0.25, -0.2) is 0 Å². The van der Waals surface area contributed by atoms with E-state index in [1.807, 2.05) is 6.92 Å². The van der Waals surface area contributed by atoms with E-state index in [0.717, 1.165) is 4.47 Å². The molecule has 1 aromatic rings. The van der Waals surface area contributed by atoms with Gasteiger partial charge in [-0.1, -0.05) is 41.8 Å². The fourth-order valence-electron chi connectivity index (χ4n) is 3.01. The molecular weight excluding hydrogens is 300 g/mol. The number of anilines is 1. The topological polar surface area (TPSA) is 29.3 Å². The van der Waals surface area contributed by atoms with Crippen molar-refractivity contribution in [3.05, 3.63) is 28.2 Å². The van der Waals surface area contributed by atoms with Crippen LogP contribution >= 0.6 is 15.9 Å². The van der Waals surface area contributed by atoms with Crippen LogP contribution in [0.2, 0.25) is 0 Å². The van der Waals surface area contributed by atoms with E-state index >= 15 is 0 Å². The molecule has 0 saturated carbocycles. The third kappa shape index (κ3) is 3.51. The van der Waals surface area contributed by atoms with Gasteiger partial charge in [0, 0.05) is 28.8 Å². The molecule has 1 aliphatic heterocycles. The molecule has 0 bridgehead atoms. The van der Waals surface area contributed by atoms with Gasteiger partial charge in [-0.05, 0) is 43.9 Å². The second kappa shape index (κ2) is 6.76. The van der Waals surface area contributed by atoms with E-state index in [1.165, 1.54) is 49.9 Å². The summed E-state index contributed by atoms with van der Waals surface area (Å²) in [7, 11) is 0. The summed E-state index contributed by atoms with van der Waals surface area (Å²) in [5.74, 6) is 0. The van der Waals surface area contributed by atoms with Crippen LogP contribution in [-0.2, 0) is 0 Å². The Morgan fingerprint density at radius 1 is 1.37 bits per heavy atom. The molecule has 0 radical (unpaired) electrons. The first-order valence-corrected chi connectivity index (χ1v) is 8.24. The molecule has 3 heteroatoms. The molecule has 2 rings (SSSR count). The third-order valence-electron chi connectivity index (χ3n) is 4.15. The van der Waals surface area contributed by atoms with Crippen LogP contribution < -0.4 is 10.6 Å². The molecule has 1 unspecified atom stereocenters. The van der Waals surface area contributed by atoms with Crippen LogP contribution in [0.1, 0.15) is 57.6 Å². The standard InChI is InChI=1S/C16H25BrN2/c1-3-13-7-5-4-6-10-19(13)14-8-9-15(12(2)18)16(17)11-14/h8-9,11-13H,3-7,10,18H2,1-2H3/t12-,13?/m1/s1. The highest BCUT2D eigenvalue weighted by atomic mass is 79.9. The average Bonchev–Trinajstić information content (AvgIpc) is 2.63. The molecule has 0 amide bonds. The molecular formula is C16H25BrN2. The third-order valence-corrected chi connectivity index (χ3v) is 4.84. The predicted octanol–water partition coefficient (Wildman–Crippen LogP) is 4.63. The van der Waals surface area contributed by atoms with E-state index in [1.54, 1.807) is 0 Å². The average molecular weight is 325 g/mol. The van der Waals surface area contributed by atoms with Crippen LogP contribution in [0.3, 0.4) is 0 Å². The molecule has 1 saturated heterocycles. The zero-order chi connectivity index (χ0) is 13.8. The Kier molecular flexibility index (Phi) is 5.28. The summed E-state index contributed by atoms with van der Waals surface area (Å²) in [5.41, 5.74) is 8.50. The van der Waals surface area contributed by atoms with E-state index < -0.39 is 0 Å². The van der Waals surface area contributed by atoms with Crippen molar-refractivity contribution in [2.75, 3.05) is 11.4 Å². The molecule has 0 aromatic heterocycles. The number of hydrogen-bond donors (Lipinski definition) is 1. The highest BCUT2D eigenvalue weighted by Gasteiger charge is 2.20. The molecule has 2 nitrogen and oxygen atoms in total. The number of benzene rings is 1. The molecule has 1 aliphatic rings. The van der Waals surface area contributed by atoms with Crippen LogP contribution in [0, 0.1) is 0 Å². The van der Waals surface area contributed by atoms with Crippen molar-refractivity contribution >= 4 is 21.6 Å². The number of nitrogens with zero attached hydrogens (tertiary/aromatic N) is 1. The van der Waals surface area contributed by atoms with Gasteiger partial charge in [0.25, 0.3) is 0 Å². The van der Waals surface area contributed by atoms with Gasteiger partial charge in [0.2, 0.25) is 0 Å². The molecule has 2 N–H and O–H groups in total. The predicted molar refractivity (Wildman–Crippen MR) is 86.6 cm³/mol. The summed E-state index contributed by atoms with van der Waals surface area (Å²) in [4.78, 5) is 2.59. The maximum Gasteiger partial charge on any atom is 0.0380 e. The maximum absolute atomic E-state index is 5.98. The lowest BCUT2D eigenvalue weighted by Gasteiger charge is -2.32. The summed E-state index contributed by atoms with van der Waals surface area (Å²) < 4.78 is 1.14. The van der Waals surface area contributed by atoms with Crippen molar-refractivity contribution in [2.24, 2.45) is 5.73 Å². The summed E-state index contributed by atoms with van der Waals surface area (Å²) >= 11 is 3.67. The molecule has 1 heterocycles.